The van der Waals surface area contributed by atoms with Crippen LogP contribution in [0.4, 0.5) is 5.95 Å². The second kappa shape index (κ2) is 7.01. The van der Waals surface area contributed by atoms with Gasteiger partial charge in [-0.1, -0.05) is 12.8 Å². The molecule has 4 rings (SSSR count). The molecule has 3 heterocycles. The molecule has 26 heavy (non-hydrogen) atoms. The molecule has 8 heteroatoms. The van der Waals surface area contributed by atoms with E-state index in [1.54, 1.807) is 23.4 Å². The van der Waals surface area contributed by atoms with E-state index in [1.807, 2.05) is 4.90 Å². The number of fused-ring (bicyclic) bond motifs is 1. The van der Waals surface area contributed by atoms with Gasteiger partial charge in [0.1, 0.15) is 6.54 Å². The molecule has 0 aromatic carbocycles. The summed E-state index contributed by atoms with van der Waals surface area (Å²) in [4.78, 5) is 51.1. The first-order valence-electron chi connectivity index (χ1n) is 9.30. The van der Waals surface area contributed by atoms with Gasteiger partial charge in [-0.15, -0.1) is 0 Å². The molecule has 1 saturated carbocycles. The van der Waals surface area contributed by atoms with Crippen LogP contribution in [0.5, 0.6) is 0 Å². The lowest BCUT2D eigenvalue weighted by Crippen LogP contribution is -2.52. The van der Waals surface area contributed by atoms with E-state index in [0.717, 1.165) is 25.7 Å². The van der Waals surface area contributed by atoms with Crippen molar-refractivity contribution in [2.24, 2.45) is 11.8 Å². The Hall–Kier alpha value is -2.51. The standard InChI is InChI=1S/C18H23N5O3/c24-15(12-23-16(25)13-4-1-2-5-14(13)17(23)26)21-8-10-22(11-9-21)18-19-6-3-7-20-18/h3,6-7,13-14H,1-2,4-5,8-12H2/t13-,14-/m0/s1. The minimum Gasteiger partial charge on any atom is -0.338 e. The van der Waals surface area contributed by atoms with E-state index in [0.29, 0.717) is 32.1 Å². The Morgan fingerprint density at radius 3 is 2.12 bits per heavy atom. The molecule has 1 aromatic rings. The van der Waals surface area contributed by atoms with Crippen LogP contribution in [0.25, 0.3) is 0 Å². The third-order valence-corrected chi connectivity index (χ3v) is 5.69. The van der Waals surface area contributed by atoms with Gasteiger partial charge >= 0.3 is 0 Å². The predicted molar refractivity (Wildman–Crippen MR) is 93.0 cm³/mol. The first-order chi connectivity index (χ1) is 12.6. The largest absolute Gasteiger partial charge is 0.338 e. The predicted octanol–water partition coefficient (Wildman–Crippen LogP) is 0.300. The maximum Gasteiger partial charge on any atom is 0.242 e. The van der Waals surface area contributed by atoms with E-state index in [1.165, 1.54) is 4.90 Å². The summed E-state index contributed by atoms with van der Waals surface area (Å²) in [5.74, 6) is -0.187. The molecular formula is C18H23N5O3. The Kier molecular flexibility index (Phi) is 4.57. The number of anilines is 1. The summed E-state index contributed by atoms with van der Waals surface area (Å²) in [6.45, 7) is 2.25. The SMILES string of the molecule is O=C(CN1C(=O)[C@H]2CCCC[C@@H]2C1=O)N1CCN(c2ncccn2)CC1. The highest BCUT2D eigenvalue weighted by molar-refractivity contribution is 6.07. The number of carbonyl (C=O) groups is 3. The van der Waals surface area contributed by atoms with Crippen LogP contribution in [-0.4, -0.2) is 70.2 Å². The average molecular weight is 357 g/mol. The van der Waals surface area contributed by atoms with Crippen LogP contribution < -0.4 is 4.90 Å². The topological polar surface area (TPSA) is 86.7 Å². The van der Waals surface area contributed by atoms with Gasteiger partial charge in [0.25, 0.3) is 0 Å². The number of hydrogen-bond donors (Lipinski definition) is 0. The second-order valence-corrected chi connectivity index (χ2v) is 7.18. The molecule has 1 aliphatic carbocycles. The molecule has 0 radical (unpaired) electrons. The van der Waals surface area contributed by atoms with E-state index in [4.69, 9.17) is 0 Å². The molecule has 2 aliphatic heterocycles. The summed E-state index contributed by atoms with van der Waals surface area (Å²) in [5.41, 5.74) is 0. The Labute approximate surface area is 152 Å². The zero-order chi connectivity index (χ0) is 18.1. The summed E-state index contributed by atoms with van der Waals surface area (Å²) in [5, 5.41) is 0. The number of piperazine rings is 1. The number of amides is 3. The molecule has 3 fully saturated rings. The number of carbonyl (C=O) groups excluding carboxylic acids is 3. The van der Waals surface area contributed by atoms with E-state index < -0.39 is 0 Å². The van der Waals surface area contributed by atoms with Crippen molar-refractivity contribution in [2.45, 2.75) is 25.7 Å². The van der Waals surface area contributed by atoms with Crippen LogP contribution in [0, 0.1) is 11.8 Å². The lowest BCUT2D eigenvalue weighted by Gasteiger charge is -2.35. The summed E-state index contributed by atoms with van der Waals surface area (Å²) in [7, 11) is 0. The highest BCUT2D eigenvalue weighted by atomic mass is 16.2. The van der Waals surface area contributed by atoms with Gasteiger partial charge in [-0.3, -0.25) is 19.3 Å². The Bertz CT molecular complexity index is 678. The molecule has 138 valence electrons. The minimum atomic E-state index is -0.198. The molecule has 0 N–H and O–H groups in total. The summed E-state index contributed by atoms with van der Waals surface area (Å²) in [6.07, 6.45) is 6.93. The monoisotopic (exact) mass is 357 g/mol. The average Bonchev–Trinajstić information content (AvgIpc) is 2.94. The van der Waals surface area contributed by atoms with E-state index >= 15 is 0 Å². The Balaban J connectivity index is 1.34. The smallest absolute Gasteiger partial charge is 0.242 e. The van der Waals surface area contributed by atoms with Crippen LogP contribution in [0.3, 0.4) is 0 Å². The first kappa shape index (κ1) is 16.9. The van der Waals surface area contributed by atoms with Crippen molar-refractivity contribution in [1.82, 2.24) is 19.8 Å². The third-order valence-electron chi connectivity index (χ3n) is 5.69. The van der Waals surface area contributed by atoms with Crippen molar-refractivity contribution >= 4 is 23.7 Å². The number of rotatable bonds is 3. The summed E-state index contributed by atoms with van der Waals surface area (Å²) < 4.78 is 0. The molecule has 2 atom stereocenters. The van der Waals surface area contributed by atoms with Crippen molar-refractivity contribution in [1.29, 1.82) is 0 Å². The van der Waals surface area contributed by atoms with Crippen LogP contribution in [0.15, 0.2) is 18.5 Å². The van der Waals surface area contributed by atoms with Crippen LogP contribution in [0.1, 0.15) is 25.7 Å². The third kappa shape index (κ3) is 3.04. The quantitative estimate of drug-likeness (QED) is 0.723. The van der Waals surface area contributed by atoms with E-state index in [2.05, 4.69) is 9.97 Å². The van der Waals surface area contributed by atoms with Crippen LogP contribution >= 0.6 is 0 Å². The van der Waals surface area contributed by atoms with Gasteiger partial charge in [0, 0.05) is 38.6 Å². The van der Waals surface area contributed by atoms with Crippen molar-refractivity contribution in [3.8, 4) is 0 Å². The number of hydrogen-bond acceptors (Lipinski definition) is 6. The van der Waals surface area contributed by atoms with E-state index in [-0.39, 0.29) is 36.1 Å². The summed E-state index contributed by atoms with van der Waals surface area (Å²) in [6, 6.07) is 1.77. The van der Waals surface area contributed by atoms with Gasteiger partial charge in [-0.2, -0.15) is 0 Å². The van der Waals surface area contributed by atoms with Gasteiger partial charge in [-0.05, 0) is 18.9 Å². The minimum absolute atomic E-state index is 0.119. The number of imide groups is 1. The fraction of sp³-hybridized carbons (Fsp3) is 0.611. The molecule has 0 unspecified atom stereocenters. The molecule has 3 amide bonds. The lowest BCUT2D eigenvalue weighted by atomic mass is 9.81. The highest BCUT2D eigenvalue weighted by Gasteiger charge is 2.48. The molecular weight excluding hydrogens is 334 g/mol. The zero-order valence-corrected chi connectivity index (χ0v) is 14.7. The number of nitrogens with zero attached hydrogens (tertiary/aromatic N) is 5. The second-order valence-electron chi connectivity index (χ2n) is 7.18. The Morgan fingerprint density at radius 1 is 0.962 bits per heavy atom. The van der Waals surface area contributed by atoms with E-state index in [9.17, 15) is 14.4 Å². The maximum atomic E-state index is 12.6. The number of likely N-dealkylation sites (tertiary alicyclic amines) is 1. The molecule has 3 aliphatic rings. The molecule has 0 bridgehead atoms. The van der Waals surface area contributed by atoms with Gasteiger partial charge in [-0.25, -0.2) is 9.97 Å². The highest BCUT2D eigenvalue weighted by Crippen LogP contribution is 2.37. The molecule has 0 spiro atoms. The van der Waals surface area contributed by atoms with Crippen molar-refractivity contribution < 1.29 is 14.4 Å². The van der Waals surface area contributed by atoms with Crippen LogP contribution in [-0.2, 0) is 14.4 Å². The van der Waals surface area contributed by atoms with Gasteiger partial charge < -0.3 is 9.80 Å². The van der Waals surface area contributed by atoms with Crippen molar-refractivity contribution in [3.63, 3.8) is 0 Å². The fourth-order valence-corrected chi connectivity index (χ4v) is 4.23. The molecule has 1 aromatic heterocycles. The van der Waals surface area contributed by atoms with Gasteiger partial charge in [0.15, 0.2) is 0 Å². The van der Waals surface area contributed by atoms with Crippen molar-refractivity contribution in [2.75, 3.05) is 37.6 Å². The van der Waals surface area contributed by atoms with Crippen LogP contribution in [0.2, 0.25) is 0 Å². The zero-order valence-electron chi connectivity index (χ0n) is 14.7. The van der Waals surface area contributed by atoms with Gasteiger partial charge in [0.05, 0.1) is 11.8 Å². The maximum absolute atomic E-state index is 12.6. The van der Waals surface area contributed by atoms with Gasteiger partial charge in [0.2, 0.25) is 23.7 Å². The lowest BCUT2D eigenvalue weighted by molar-refractivity contribution is -0.146. The molecule has 8 nitrogen and oxygen atoms in total. The summed E-state index contributed by atoms with van der Waals surface area (Å²) >= 11 is 0. The fourth-order valence-electron chi connectivity index (χ4n) is 4.23. The molecule has 2 saturated heterocycles. The Morgan fingerprint density at radius 2 is 1.54 bits per heavy atom. The first-order valence-corrected chi connectivity index (χ1v) is 9.30. The van der Waals surface area contributed by atoms with Crippen molar-refractivity contribution in [3.05, 3.63) is 18.5 Å². The normalized spacial score (nSPS) is 26.2. The number of aromatic nitrogens is 2.